The number of allylic oxidation sites excluding steroid dienone is 3. The summed E-state index contributed by atoms with van der Waals surface area (Å²) in [6.07, 6.45) is -2.12. The Balaban J connectivity index is 1.73. The number of tetrazole rings is 1. The molecule has 0 spiro atoms. The number of aromatic nitrogens is 5. The molecular formula is C20H15F6N5OS. The van der Waals surface area contributed by atoms with Gasteiger partial charge in [0.25, 0.3) is 6.43 Å². The van der Waals surface area contributed by atoms with Crippen molar-refractivity contribution >= 4 is 11.3 Å². The summed E-state index contributed by atoms with van der Waals surface area (Å²) in [5.41, 5.74) is -4.55. The third kappa shape index (κ3) is 4.29. The van der Waals surface area contributed by atoms with Crippen molar-refractivity contribution in [1.29, 1.82) is 0 Å². The fourth-order valence-corrected chi connectivity index (χ4v) is 4.31. The van der Waals surface area contributed by atoms with Crippen molar-refractivity contribution < 1.29 is 31.4 Å². The summed E-state index contributed by atoms with van der Waals surface area (Å²) in [6.45, 7) is -0.944. The van der Waals surface area contributed by atoms with E-state index in [1.54, 1.807) is 0 Å². The highest BCUT2D eigenvalue weighted by Crippen LogP contribution is 2.47. The van der Waals surface area contributed by atoms with Crippen molar-refractivity contribution in [3.63, 3.8) is 0 Å². The minimum atomic E-state index is -4.17. The topological polar surface area (TPSA) is 76.7 Å². The fourth-order valence-electron chi connectivity index (χ4n) is 3.45. The fraction of sp³-hybridized carbons (Fsp3) is 0.300. The van der Waals surface area contributed by atoms with Crippen LogP contribution in [0.4, 0.5) is 26.3 Å². The molecule has 33 heavy (non-hydrogen) atoms. The Labute approximate surface area is 186 Å². The summed E-state index contributed by atoms with van der Waals surface area (Å²) in [5.74, 6) is -5.03. The molecule has 0 amide bonds. The van der Waals surface area contributed by atoms with Gasteiger partial charge in [0, 0.05) is 28.6 Å². The molecule has 1 N–H and O–H groups in total. The molecule has 2 unspecified atom stereocenters. The quantitative estimate of drug-likeness (QED) is 0.486. The summed E-state index contributed by atoms with van der Waals surface area (Å²) in [6, 6.07) is 4.78. The van der Waals surface area contributed by atoms with Crippen LogP contribution in [0.1, 0.15) is 23.4 Å². The van der Waals surface area contributed by atoms with Crippen molar-refractivity contribution in [2.45, 2.75) is 37.1 Å². The van der Waals surface area contributed by atoms with Crippen LogP contribution in [0.2, 0.25) is 0 Å². The number of aliphatic hydroxyl groups is 1. The highest BCUT2D eigenvalue weighted by atomic mass is 32.1. The lowest BCUT2D eigenvalue weighted by molar-refractivity contribution is -0.182. The number of halogens is 6. The van der Waals surface area contributed by atoms with Crippen LogP contribution in [0.5, 0.6) is 0 Å². The van der Waals surface area contributed by atoms with Gasteiger partial charge in [-0.3, -0.25) is 4.98 Å². The zero-order valence-electron chi connectivity index (χ0n) is 16.5. The molecule has 1 aliphatic carbocycles. The number of hydrogen-bond donors (Lipinski definition) is 1. The molecule has 1 aliphatic rings. The lowest BCUT2D eigenvalue weighted by atomic mass is 9.79. The third-order valence-electron chi connectivity index (χ3n) is 5.15. The number of thiophene rings is 1. The maximum absolute atomic E-state index is 15.7. The Bertz CT molecular complexity index is 1180. The predicted molar refractivity (Wildman–Crippen MR) is 106 cm³/mol. The van der Waals surface area contributed by atoms with Crippen molar-refractivity contribution in [1.82, 2.24) is 25.2 Å². The molecular weight excluding hydrogens is 472 g/mol. The molecule has 4 rings (SSSR count). The molecule has 0 bridgehead atoms. The highest BCUT2D eigenvalue weighted by molar-refractivity contribution is 7.15. The van der Waals surface area contributed by atoms with Crippen LogP contribution in [0.15, 0.2) is 60.3 Å². The standard InChI is InChI=1S/C20H15F6N5OS/c21-12-2-3-13(14(22)7-12)19(32,9-31-10-28-29-30-31)20(25,26)17-6-1-11(8-27-17)15-4-5-16(33-15)18(23)24/h1-6,8,10,14,18,32H,7,9H2. The van der Waals surface area contributed by atoms with E-state index in [9.17, 15) is 22.7 Å². The monoisotopic (exact) mass is 487 g/mol. The van der Waals surface area contributed by atoms with Crippen LogP contribution >= 0.6 is 11.3 Å². The van der Waals surface area contributed by atoms with Crippen LogP contribution in [-0.2, 0) is 12.5 Å². The highest BCUT2D eigenvalue weighted by Gasteiger charge is 2.59. The van der Waals surface area contributed by atoms with Crippen LogP contribution < -0.4 is 0 Å². The van der Waals surface area contributed by atoms with E-state index in [2.05, 4.69) is 20.5 Å². The van der Waals surface area contributed by atoms with Gasteiger partial charge in [-0.15, -0.1) is 16.4 Å². The average molecular weight is 487 g/mol. The minimum absolute atomic E-state index is 0.186. The maximum atomic E-state index is 15.7. The van der Waals surface area contributed by atoms with E-state index < -0.39 is 54.2 Å². The molecule has 3 heterocycles. The van der Waals surface area contributed by atoms with Crippen LogP contribution in [0.3, 0.4) is 0 Å². The lowest BCUT2D eigenvalue weighted by Gasteiger charge is -2.38. The third-order valence-corrected chi connectivity index (χ3v) is 6.29. The van der Waals surface area contributed by atoms with Crippen LogP contribution in [-0.4, -0.2) is 42.1 Å². The smallest absolute Gasteiger partial charge is 0.323 e. The molecule has 0 saturated heterocycles. The number of rotatable bonds is 7. The van der Waals surface area contributed by atoms with Gasteiger partial charge >= 0.3 is 5.92 Å². The van der Waals surface area contributed by atoms with E-state index in [1.807, 2.05) is 0 Å². The van der Waals surface area contributed by atoms with E-state index in [-0.39, 0.29) is 4.88 Å². The first-order chi connectivity index (χ1) is 15.6. The predicted octanol–water partition coefficient (Wildman–Crippen LogP) is 4.78. The van der Waals surface area contributed by atoms with Crippen molar-refractivity contribution in [3.8, 4) is 10.4 Å². The first-order valence-corrected chi connectivity index (χ1v) is 10.3. The second-order valence-corrected chi connectivity index (χ2v) is 8.40. The zero-order valence-corrected chi connectivity index (χ0v) is 17.4. The molecule has 0 aromatic carbocycles. The number of alkyl halides is 5. The SMILES string of the molecule is OC(Cn1cnnn1)(C1=CC=C(F)CC1F)C(F)(F)c1ccc(-c2ccc(C(F)F)s2)cn1. The summed E-state index contributed by atoms with van der Waals surface area (Å²) in [5, 5.41) is 21.2. The van der Waals surface area contributed by atoms with E-state index in [4.69, 9.17) is 0 Å². The van der Waals surface area contributed by atoms with E-state index in [0.29, 0.717) is 10.4 Å². The first kappa shape index (κ1) is 23.1. The van der Waals surface area contributed by atoms with Gasteiger partial charge < -0.3 is 5.11 Å². The number of hydrogen-bond acceptors (Lipinski definition) is 6. The van der Waals surface area contributed by atoms with Crippen molar-refractivity contribution in [2.24, 2.45) is 0 Å². The van der Waals surface area contributed by atoms with Gasteiger partial charge in [0.15, 0.2) is 5.60 Å². The normalized spacial score (nSPS) is 18.7. The first-order valence-electron chi connectivity index (χ1n) is 9.48. The molecule has 3 aromatic heterocycles. The summed E-state index contributed by atoms with van der Waals surface area (Å²) >= 11 is 0.786. The van der Waals surface area contributed by atoms with Gasteiger partial charge in [-0.1, -0.05) is 6.08 Å². The Morgan fingerprint density at radius 2 is 1.97 bits per heavy atom. The van der Waals surface area contributed by atoms with Gasteiger partial charge in [0.2, 0.25) is 0 Å². The van der Waals surface area contributed by atoms with E-state index >= 15 is 8.78 Å². The average Bonchev–Trinajstić information content (AvgIpc) is 3.46. The van der Waals surface area contributed by atoms with Gasteiger partial charge in [-0.05, 0) is 40.8 Å². The van der Waals surface area contributed by atoms with Crippen molar-refractivity contribution in [3.05, 3.63) is 70.9 Å². The molecule has 0 radical (unpaired) electrons. The minimum Gasteiger partial charge on any atom is -0.377 e. The van der Waals surface area contributed by atoms with Crippen molar-refractivity contribution in [2.75, 3.05) is 0 Å². The largest absolute Gasteiger partial charge is 0.377 e. The second kappa shape index (κ2) is 8.71. The Hall–Kier alpha value is -3.06. The van der Waals surface area contributed by atoms with Gasteiger partial charge in [-0.25, -0.2) is 22.2 Å². The molecule has 0 aliphatic heterocycles. The van der Waals surface area contributed by atoms with E-state index in [1.165, 1.54) is 18.2 Å². The second-order valence-electron chi connectivity index (χ2n) is 7.28. The van der Waals surface area contributed by atoms with Gasteiger partial charge in [-0.2, -0.15) is 8.78 Å². The Kier molecular flexibility index (Phi) is 6.10. The summed E-state index contributed by atoms with van der Waals surface area (Å²) < 4.78 is 85.9. The molecule has 174 valence electrons. The summed E-state index contributed by atoms with van der Waals surface area (Å²) in [4.78, 5) is 3.92. The van der Waals surface area contributed by atoms with Gasteiger partial charge in [0.1, 0.15) is 24.0 Å². The van der Waals surface area contributed by atoms with Crippen LogP contribution in [0.25, 0.3) is 10.4 Å². The van der Waals surface area contributed by atoms with E-state index in [0.717, 1.165) is 46.8 Å². The summed E-state index contributed by atoms with van der Waals surface area (Å²) in [7, 11) is 0. The van der Waals surface area contributed by atoms with Crippen LogP contribution in [0, 0.1) is 0 Å². The zero-order chi connectivity index (χ0) is 23.8. The lowest BCUT2D eigenvalue weighted by Crippen LogP contribution is -2.53. The number of pyridine rings is 1. The molecule has 2 atom stereocenters. The Morgan fingerprint density at radius 1 is 1.18 bits per heavy atom. The molecule has 13 heteroatoms. The maximum Gasteiger partial charge on any atom is 0.323 e. The number of nitrogens with zero attached hydrogens (tertiary/aromatic N) is 5. The molecule has 0 fully saturated rings. The van der Waals surface area contributed by atoms with Gasteiger partial charge in [0.05, 0.1) is 11.4 Å². The molecule has 0 saturated carbocycles. The molecule has 6 nitrogen and oxygen atoms in total. The molecule has 3 aromatic rings. The Morgan fingerprint density at radius 3 is 2.55 bits per heavy atom.